The van der Waals surface area contributed by atoms with Gasteiger partial charge in [0.1, 0.15) is 12.4 Å². The van der Waals surface area contributed by atoms with Gasteiger partial charge in [-0.3, -0.25) is 14.5 Å². The molecule has 1 N–H and O–H groups in total. The molecule has 4 rings (SSSR count). The molecule has 0 amide bonds. The Hall–Kier alpha value is -3.40. The quantitative estimate of drug-likeness (QED) is 0.311. The Labute approximate surface area is 210 Å². The van der Waals surface area contributed by atoms with Crippen molar-refractivity contribution in [3.63, 3.8) is 0 Å². The second-order valence-electron chi connectivity index (χ2n) is 8.80. The van der Waals surface area contributed by atoms with E-state index in [-0.39, 0.29) is 18.1 Å². The van der Waals surface area contributed by atoms with E-state index in [1.54, 1.807) is 25.2 Å². The van der Waals surface area contributed by atoms with Crippen molar-refractivity contribution in [2.24, 2.45) is 0 Å². The van der Waals surface area contributed by atoms with Crippen LogP contribution in [0, 0.1) is 11.8 Å². The third-order valence-electron chi connectivity index (χ3n) is 6.08. The van der Waals surface area contributed by atoms with E-state index >= 15 is 0 Å². The van der Waals surface area contributed by atoms with Crippen LogP contribution in [0.15, 0.2) is 54.6 Å². The average molecular weight is 488 g/mol. The van der Waals surface area contributed by atoms with E-state index in [9.17, 15) is 9.59 Å². The van der Waals surface area contributed by atoms with Crippen molar-refractivity contribution in [2.75, 3.05) is 6.54 Å². The van der Waals surface area contributed by atoms with Crippen LogP contribution in [-0.4, -0.2) is 28.3 Å². The minimum atomic E-state index is -0.862. The number of carbonyl (C=O) groups excluding carboxylic acids is 1. The molecule has 0 saturated carbocycles. The first-order valence-electron chi connectivity index (χ1n) is 11.7. The molecule has 0 bridgehead atoms. The molecule has 0 radical (unpaired) electrons. The lowest BCUT2D eigenvalue weighted by Gasteiger charge is -2.26. The second kappa shape index (κ2) is 11.4. The van der Waals surface area contributed by atoms with Gasteiger partial charge < -0.3 is 9.84 Å². The van der Waals surface area contributed by atoms with Crippen LogP contribution < -0.4 is 4.74 Å². The Morgan fingerprint density at radius 2 is 1.91 bits per heavy atom. The molecule has 1 aliphatic heterocycles. The van der Waals surface area contributed by atoms with E-state index in [0.717, 1.165) is 47.8 Å². The molecule has 1 aliphatic rings. The van der Waals surface area contributed by atoms with Gasteiger partial charge in [0.25, 0.3) is 0 Å². The van der Waals surface area contributed by atoms with Crippen molar-refractivity contribution < 1.29 is 19.4 Å². The number of nitrogens with zero attached hydrogens (tertiary/aromatic N) is 1. The van der Waals surface area contributed by atoms with E-state index in [4.69, 9.17) is 9.84 Å². The molecular weight excluding hydrogens is 458 g/mol. The zero-order chi connectivity index (χ0) is 24.8. The first-order valence-corrected chi connectivity index (χ1v) is 12.5. The number of carbonyl (C=O) groups is 2. The molecule has 1 aromatic heterocycles. The van der Waals surface area contributed by atoms with Crippen molar-refractivity contribution >= 4 is 23.1 Å². The number of Topliss-reactive ketones (excluding diaryl/α,β-unsaturated/α-hetero) is 1. The summed E-state index contributed by atoms with van der Waals surface area (Å²) in [4.78, 5) is 27.4. The highest BCUT2D eigenvalue weighted by Crippen LogP contribution is 2.29. The Kier molecular flexibility index (Phi) is 8.02. The number of carboxylic acids is 1. The molecule has 6 heteroatoms. The van der Waals surface area contributed by atoms with E-state index in [0.29, 0.717) is 6.61 Å². The van der Waals surface area contributed by atoms with Gasteiger partial charge in [-0.2, -0.15) is 0 Å². The highest BCUT2D eigenvalue weighted by atomic mass is 32.1. The first-order chi connectivity index (χ1) is 16.9. The summed E-state index contributed by atoms with van der Waals surface area (Å²) in [5.41, 5.74) is 4.49. The van der Waals surface area contributed by atoms with Crippen LogP contribution in [0.5, 0.6) is 5.75 Å². The molecule has 1 unspecified atom stereocenters. The summed E-state index contributed by atoms with van der Waals surface area (Å²) in [6.45, 7) is 6.53. The fourth-order valence-corrected chi connectivity index (χ4v) is 5.40. The van der Waals surface area contributed by atoms with Crippen LogP contribution in [0.1, 0.15) is 63.0 Å². The van der Waals surface area contributed by atoms with Crippen molar-refractivity contribution in [2.45, 2.75) is 52.3 Å². The van der Waals surface area contributed by atoms with Crippen LogP contribution in [0.25, 0.3) is 0 Å². The highest BCUT2D eigenvalue weighted by molar-refractivity contribution is 7.14. The molecule has 35 heavy (non-hydrogen) atoms. The van der Waals surface area contributed by atoms with Crippen molar-refractivity contribution in [3.8, 4) is 17.6 Å². The molecule has 180 valence electrons. The van der Waals surface area contributed by atoms with Gasteiger partial charge >= 0.3 is 5.97 Å². The summed E-state index contributed by atoms with van der Waals surface area (Å²) in [6, 6.07) is 18.0. The van der Waals surface area contributed by atoms with Gasteiger partial charge in [0, 0.05) is 24.5 Å². The average Bonchev–Trinajstić information content (AvgIpc) is 3.27. The Bertz CT molecular complexity index is 1270. The number of fused-ring (bicyclic) bond motifs is 1. The number of ether oxygens (including phenoxy) is 1. The van der Waals surface area contributed by atoms with Gasteiger partial charge in [0.05, 0.1) is 17.2 Å². The monoisotopic (exact) mass is 487 g/mol. The van der Waals surface area contributed by atoms with Crippen LogP contribution in [-0.2, 0) is 30.9 Å². The first kappa shape index (κ1) is 24.7. The van der Waals surface area contributed by atoms with Gasteiger partial charge in [0.2, 0.25) is 0 Å². The van der Waals surface area contributed by atoms with Crippen LogP contribution in [0.3, 0.4) is 0 Å². The summed E-state index contributed by atoms with van der Waals surface area (Å²) in [7, 11) is 0. The van der Waals surface area contributed by atoms with Gasteiger partial charge in [-0.25, -0.2) is 0 Å². The third kappa shape index (κ3) is 6.60. The predicted octanol–water partition coefficient (Wildman–Crippen LogP) is 5.67. The van der Waals surface area contributed by atoms with E-state index < -0.39 is 5.97 Å². The van der Waals surface area contributed by atoms with E-state index in [1.807, 2.05) is 24.3 Å². The molecule has 5 nitrogen and oxygen atoms in total. The lowest BCUT2D eigenvalue weighted by molar-refractivity contribution is -0.137. The van der Waals surface area contributed by atoms with Crippen LogP contribution >= 0.6 is 11.3 Å². The maximum Gasteiger partial charge on any atom is 0.304 e. The minimum absolute atomic E-state index is 0.0174. The number of benzene rings is 2. The molecular formula is C29H29NO4S. The zero-order valence-electron chi connectivity index (χ0n) is 20.0. The number of carboxylic acid groups (broad SMARTS) is 1. The fourth-order valence-electron chi connectivity index (χ4n) is 4.34. The topological polar surface area (TPSA) is 66.8 Å². The third-order valence-corrected chi connectivity index (χ3v) is 7.41. The smallest absolute Gasteiger partial charge is 0.304 e. The number of ketones is 1. The van der Waals surface area contributed by atoms with Crippen molar-refractivity contribution in [1.29, 1.82) is 0 Å². The van der Waals surface area contributed by atoms with Crippen LogP contribution in [0.2, 0.25) is 0 Å². The molecule has 0 fully saturated rings. The molecule has 2 aromatic carbocycles. The summed E-state index contributed by atoms with van der Waals surface area (Å²) in [5, 5.41) is 9.12. The standard InChI is InChI=1S/C29H29NO4S/c1-3-5-24(16-29(32)33)23-8-10-26(11-9-23)34-19-22-7-4-6-21(14-22)17-30-13-12-27-25(18-30)15-28(35-27)20(2)31/h4,6-11,14-15,24H,12-13,16-19H2,1-2H3,(H,32,33). The van der Waals surface area contributed by atoms with Gasteiger partial charge in [0.15, 0.2) is 5.78 Å². The van der Waals surface area contributed by atoms with E-state index in [1.165, 1.54) is 16.0 Å². The number of rotatable bonds is 9. The number of aliphatic carboxylic acids is 1. The van der Waals surface area contributed by atoms with Crippen LogP contribution in [0.4, 0.5) is 0 Å². The van der Waals surface area contributed by atoms with Crippen molar-refractivity contribution in [1.82, 2.24) is 4.90 Å². The van der Waals surface area contributed by atoms with E-state index in [2.05, 4.69) is 47.1 Å². The zero-order valence-corrected chi connectivity index (χ0v) is 20.9. The minimum Gasteiger partial charge on any atom is -0.489 e. The summed E-state index contributed by atoms with van der Waals surface area (Å²) in [6.07, 6.45) is 0.972. The molecule has 1 atom stereocenters. The number of hydrogen-bond acceptors (Lipinski definition) is 5. The Morgan fingerprint density at radius 3 is 2.63 bits per heavy atom. The molecule has 2 heterocycles. The van der Waals surface area contributed by atoms with Gasteiger partial charge in [-0.05, 0) is 60.7 Å². The predicted molar refractivity (Wildman–Crippen MR) is 138 cm³/mol. The summed E-state index contributed by atoms with van der Waals surface area (Å²) in [5.74, 6) is 5.48. The molecule has 3 aromatic rings. The SMILES string of the molecule is CC#CC(CC(=O)O)c1ccc(OCc2cccc(CN3CCc4sc(C(C)=O)cc4C3)c2)cc1. The Morgan fingerprint density at radius 1 is 1.14 bits per heavy atom. The molecule has 0 aliphatic carbocycles. The molecule has 0 saturated heterocycles. The number of hydrogen-bond donors (Lipinski definition) is 1. The maximum atomic E-state index is 11.7. The van der Waals surface area contributed by atoms with Gasteiger partial charge in [-0.1, -0.05) is 42.3 Å². The lowest BCUT2D eigenvalue weighted by atomic mass is 9.96. The van der Waals surface area contributed by atoms with Gasteiger partial charge in [-0.15, -0.1) is 17.3 Å². The number of thiophene rings is 1. The molecule has 0 spiro atoms. The lowest BCUT2D eigenvalue weighted by Crippen LogP contribution is -2.29. The normalized spacial score (nSPS) is 13.9. The highest BCUT2D eigenvalue weighted by Gasteiger charge is 2.20. The maximum absolute atomic E-state index is 11.7. The summed E-state index contributed by atoms with van der Waals surface area (Å²) < 4.78 is 5.99. The Balaban J connectivity index is 1.34. The summed E-state index contributed by atoms with van der Waals surface area (Å²) >= 11 is 1.64. The largest absolute Gasteiger partial charge is 0.489 e. The van der Waals surface area contributed by atoms with Crippen molar-refractivity contribution in [3.05, 3.63) is 86.6 Å². The fraction of sp³-hybridized carbons (Fsp3) is 0.310. The second-order valence-corrected chi connectivity index (χ2v) is 9.94.